The van der Waals surface area contributed by atoms with E-state index in [4.69, 9.17) is 4.74 Å². The van der Waals surface area contributed by atoms with Crippen molar-refractivity contribution in [2.45, 2.75) is 6.92 Å². The van der Waals surface area contributed by atoms with Crippen molar-refractivity contribution >= 4 is 11.8 Å². The van der Waals surface area contributed by atoms with Gasteiger partial charge in [0.1, 0.15) is 5.75 Å². The molecule has 1 aromatic carbocycles. The van der Waals surface area contributed by atoms with Crippen molar-refractivity contribution in [3.05, 3.63) is 35.7 Å². The van der Waals surface area contributed by atoms with Crippen LogP contribution in [0.1, 0.15) is 27.9 Å². The Hall–Kier alpha value is -3.16. The fraction of sp³-hybridized carbons (Fsp3) is 0.333. The van der Waals surface area contributed by atoms with E-state index in [2.05, 4.69) is 0 Å². The Balaban J connectivity index is 2.76. The van der Waals surface area contributed by atoms with Crippen LogP contribution in [0.3, 0.4) is 0 Å². The molecular weight excluding hydrogens is 338 g/mol. The predicted octanol–water partition coefficient (Wildman–Crippen LogP) is 1.69. The Labute approximate surface area is 151 Å². The second-order valence-corrected chi connectivity index (χ2v) is 6.06. The Morgan fingerprint density at radius 2 is 1.35 bits per heavy atom. The normalized spacial score (nSPS) is 10.5. The maximum absolute atomic E-state index is 12.6. The molecule has 0 aliphatic heterocycles. The molecule has 0 saturated carbocycles. The third-order valence-electron chi connectivity index (χ3n) is 3.74. The van der Waals surface area contributed by atoms with Gasteiger partial charge in [-0.2, -0.15) is 0 Å². The summed E-state index contributed by atoms with van der Waals surface area (Å²) in [6.45, 7) is 2.36. The summed E-state index contributed by atoms with van der Waals surface area (Å²) in [5, 5.41) is 20.7. The number of rotatable bonds is 5. The molecule has 8 heteroatoms. The van der Waals surface area contributed by atoms with Gasteiger partial charge in [-0.15, -0.1) is 0 Å². The van der Waals surface area contributed by atoms with Crippen LogP contribution in [-0.4, -0.2) is 71.2 Å². The third-order valence-corrected chi connectivity index (χ3v) is 3.74. The molecule has 0 atom stereocenters. The largest absolute Gasteiger partial charge is 0.503 e. The predicted molar refractivity (Wildman–Crippen MR) is 96.3 cm³/mol. The first-order valence-corrected chi connectivity index (χ1v) is 8.03. The fourth-order valence-electron chi connectivity index (χ4n) is 2.48. The quantitative estimate of drug-likeness (QED) is 0.845. The van der Waals surface area contributed by atoms with Gasteiger partial charge in [0.25, 0.3) is 11.8 Å². The Morgan fingerprint density at radius 1 is 0.923 bits per heavy atom. The van der Waals surface area contributed by atoms with Gasteiger partial charge in [0.05, 0.1) is 6.61 Å². The van der Waals surface area contributed by atoms with Crippen molar-refractivity contribution in [2.24, 2.45) is 0 Å². The van der Waals surface area contributed by atoms with Gasteiger partial charge in [-0.05, 0) is 31.2 Å². The molecular formula is C18H23N3O5. The van der Waals surface area contributed by atoms with Crippen molar-refractivity contribution in [1.29, 1.82) is 0 Å². The molecule has 26 heavy (non-hydrogen) atoms. The molecule has 0 bridgehead atoms. The zero-order valence-corrected chi connectivity index (χ0v) is 15.5. The summed E-state index contributed by atoms with van der Waals surface area (Å²) < 4.78 is 6.65. The number of benzene rings is 1. The molecule has 0 unspecified atom stereocenters. The molecule has 1 aromatic heterocycles. The van der Waals surface area contributed by atoms with Crippen LogP contribution in [0.5, 0.6) is 17.2 Å². The van der Waals surface area contributed by atoms with Gasteiger partial charge in [-0.25, -0.2) is 0 Å². The number of hydrogen-bond donors (Lipinski definition) is 2. The van der Waals surface area contributed by atoms with Gasteiger partial charge in [0.2, 0.25) is 0 Å². The van der Waals surface area contributed by atoms with E-state index in [0.717, 1.165) is 0 Å². The van der Waals surface area contributed by atoms with E-state index in [1.807, 2.05) is 6.92 Å². The maximum atomic E-state index is 12.6. The minimum atomic E-state index is -0.636. The summed E-state index contributed by atoms with van der Waals surface area (Å²) in [6, 6.07) is 6.65. The highest BCUT2D eigenvalue weighted by atomic mass is 16.5. The molecule has 2 amide bonds. The van der Waals surface area contributed by atoms with E-state index in [-0.39, 0.29) is 11.4 Å². The van der Waals surface area contributed by atoms with Crippen molar-refractivity contribution in [2.75, 3.05) is 34.8 Å². The molecule has 0 spiro atoms. The van der Waals surface area contributed by atoms with Gasteiger partial charge in [0, 0.05) is 33.9 Å². The molecule has 8 nitrogen and oxygen atoms in total. The van der Waals surface area contributed by atoms with E-state index in [9.17, 15) is 19.8 Å². The Bertz CT molecular complexity index is 779. The number of nitrogens with zero attached hydrogens (tertiary/aromatic N) is 3. The molecule has 0 radical (unpaired) electrons. The van der Waals surface area contributed by atoms with Crippen molar-refractivity contribution in [1.82, 2.24) is 14.4 Å². The van der Waals surface area contributed by atoms with E-state index < -0.39 is 23.3 Å². The van der Waals surface area contributed by atoms with E-state index in [1.54, 1.807) is 24.3 Å². The van der Waals surface area contributed by atoms with Crippen LogP contribution in [0.2, 0.25) is 0 Å². The maximum Gasteiger partial charge on any atom is 0.274 e. The van der Waals surface area contributed by atoms with Gasteiger partial charge < -0.3 is 24.7 Å². The number of aromatic nitrogens is 1. The lowest BCUT2D eigenvalue weighted by molar-refractivity contribution is 0.0811. The van der Waals surface area contributed by atoms with Crippen molar-refractivity contribution < 1.29 is 24.5 Å². The Morgan fingerprint density at radius 3 is 1.69 bits per heavy atom. The van der Waals surface area contributed by atoms with Crippen LogP contribution < -0.4 is 4.74 Å². The highest BCUT2D eigenvalue weighted by Crippen LogP contribution is 2.39. The van der Waals surface area contributed by atoms with Gasteiger partial charge >= 0.3 is 0 Å². The van der Waals surface area contributed by atoms with Crippen LogP contribution in [0.4, 0.5) is 0 Å². The van der Waals surface area contributed by atoms with E-state index in [1.165, 1.54) is 42.6 Å². The zero-order valence-electron chi connectivity index (χ0n) is 15.5. The molecule has 2 rings (SSSR count). The zero-order chi connectivity index (χ0) is 19.6. The molecule has 0 aliphatic carbocycles. The lowest BCUT2D eigenvalue weighted by Crippen LogP contribution is -2.28. The summed E-state index contributed by atoms with van der Waals surface area (Å²) in [6.07, 6.45) is 0. The number of hydrogen-bond acceptors (Lipinski definition) is 5. The molecule has 2 aromatic rings. The highest BCUT2D eigenvalue weighted by Gasteiger charge is 2.33. The smallest absolute Gasteiger partial charge is 0.274 e. The van der Waals surface area contributed by atoms with E-state index >= 15 is 0 Å². The molecule has 140 valence electrons. The van der Waals surface area contributed by atoms with Crippen molar-refractivity contribution in [3.8, 4) is 22.9 Å². The summed E-state index contributed by atoms with van der Waals surface area (Å²) in [5.74, 6) is -1.75. The SMILES string of the molecule is CCOc1ccc(-n2c(C(=O)N(C)C)c(O)c(O)c2C(=O)N(C)C)cc1. The molecule has 0 saturated heterocycles. The summed E-state index contributed by atoms with van der Waals surface area (Å²) >= 11 is 0. The second-order valence-electron chi connectivity index (χ2n) is 6.06. The summed E-state index contributed by atoms with van der Waals surface area (Å²) in [5.41, 5.74) is 0.0446. The molecule has 0 fully saturated rings. The van der Waals surface area contributed by atoms with Crippen LogP contribution in [0.15, 0.2) is 24.3 Å². The van der Waals surface area contributed by atoms with E-state index in [0.29, 0.717) is 18.0 Å². The lowest BCUT2D eigenvalue weighted by atomic mass is 10.2. The van der Waals surface area contributed by atoms with Gasteiger partial charge in [0.15, 0.2) is 22.9 Å². The second kappa shape index (κ2) is 7.38. The number of amides is 2. The van der Waals surface area contributed by atoms with Crippen LogP contribution >= 0.6 is 0 Å². The first-order valence-electron chi connectivity index (χ1n) is 8.03. The van der Waals surface area contributed by atoms with Gasteiger partial charge in [-0.3, -0.25) is 14.2 Å². The number of ether oxygens (including phenoxy) is 1. The van der Waals surface area contributed by atoms with Crippen LogP contribution in [0.25, 0.3) is 5.69 Å². The first-order chi connectivity index (χ1) is 12.2. The minimum absolute atomic E-state index is 0.193. The standard InChI is InChI=1S/C18H23N3O5/c1-6-26-12-9-7-11(8-10-12)21-13(17(24)19(2)3)15(22)16(23)14(21)18(25)20(4)5/h7-10,22-23H,6H2,1-5H3. The van der Waals surface area contributed by atoms with Crippen LogP contribution in [0, 0.1) is 0 Å². The van der Waals surface area contributed by atoms with Crippen molar-refractivity contribution in [3.63, 3.8) is 0 Å². The minimum Gasteiger partial charge on any atom is -0.503 e. The number of aromatic hydroxyl groups is 2. The summed E-state index contributed by atoms with van der Waals surface area (Å²) in [4.78, 5) is 27.6. The number of carbonyl (C=O) groups is 2. The summed E-state index contributed by atoms with van der Waals surface area (Å²) in [7, 11) is 6.06. The average molecular weight is 361 g/mol. The monoisotopic (exact) mass is 361 g/mol. The molecule has 0 aliphatic rings. The third kappa shape index (κ3) is 3.30. The van der Waals surface area contributed by atoms with Crippen LogP contribution in [-0.2, 0) is 0 Å². The molecule has 2 N–H and O–H groups in total. The number of carbonyl (C=O) groups excluding carboxylic acids is 2. The lowest BCUT2D eigenvalue weighted by Gasteiger charge is -2.17. The average Bonchev–Trinajstić information content (AvgIpc) is 2.86. The van der Waals surface area contributed by atoms with Gasteiger partial charge in [-0.1, -0.05) is 0 Å². The highest BCUT2D eigenvalue weighted by molar-refractivity contribution is 6.04. The fourth-order valence-corrected chi connectivity index (χ4v) is 2.48. The first kappa shape index (κ1) is 19.2. The topological polar surface area (TPSA) is 95.2 Å². The Kier molecular flexibility index (Phi) is 5.44. The molecule has 1 heterocycles.